The second kappa shape index (κ2) is 7.05. The molecular formula is C13H12BrClN2OS. The van der Waals surface area contributed by atoms with Crippen molar-refractivity contribution in [3.05, 3.63) is 50.1 Å². The Bertz CT molecular complexity index is 556. The third-order valence-corrected chi connectivity index (χ3v) is 4.28. The van der Waals surface area contributed by atoms with Crippen molar-refractivity contribution in [1.29, 1.82) is 0 Å². The Hall–Kier alpha value is -0.880. The topological polar surface area (TPSA) is 41.1 Å². The molecule has 0 spiro atoms. The van der Waals surface area contributed by atoms with Crippen LogP contribution >= 0.6 is 38.9 Å². The number of halogens is 2. The Labute approximate surface area is 129 Å². The van der Waals surface area contributed by atoms with E-state index in [9.17, 15) is 4.79 Å². The molecule has 0 unspecified atom stereocenters. The lowest BCUT2D eigenvalue weighted by molar-refractivity contribution is -0.115. The lowest BCUT2D eigenvalue weighted by Crippen LogP contribution is -2.27. The highest BCUT2D eigenvalue weighted by atomic mass is 79.9. The minimum Gasteiger partial charge on any atom is -0.325 e. The van der Waals surface area contributed by atoms with Crippen molar-refractivity contribution >= 4 is 50.5 Å². The van der Waals surface area contributed by atoms with Crippen molar-refractivity contribution in [3.8, 4) is 0 Å². The van der Waals surface area contributed by atoms with Gasteiger partial charge in [-0.2, -0.15) is 0 Å². The predicted octanol–water partition coefficient (Wildman–Crippen LogP) is 3.89. The first-order valence-electron chi connectivity index (χ1n) is 5.62. The van der Waals surface area contributed by atoms with Gasteiger partial charge >= 0.3 is 0 Å². The van der Waals surface area contributed by atoms with Crippen molar-refractivity contribution in [2.24, 2.45) is 0 Å². The molecule has 2 N–H and O–H groups in total. The molecule has 0 aliphatic heterocycles. The molecule has 0 radical (unpaired) electrons. The smallest absolute Gasteiger partial charge is 0.238 e. The van der Waals surface area contributed by atoms with E-state index in [0.29, 0.717) is 11.6 Å². The molecule has 0 aliphatic carbocycles. The van der Waals surface area contributed by atoms with Crippen LogP contribution < -0.4 is 10.6 Å². The monoisotopic (exact) mass is 358 g/mol. The van der Waals surface area contributed by atoms with Crippen molar-refractivity contribution in [1.82, 2.24) is 5.32 Å². The van der Waals surface area contributed by atoms with Gasteiger partial charge in [-0.15, -0.1) is 11.3 Å². The van der Waals surface area contributed by atoms with Gasteiger partial charge in [0.15, 0.2) is 0 Å². The molecule has 1 heterocycles. The van der Waals surface area contributed by atoms with Crippen LogP contribution in [0.1, 0.15) is 4.88 Å². The highest BCUT2D eigenvalue weighted by Crippen LogP contribution is 2.19. The van der Waals surface area contributed by atoms with Gasteiger partial charge in [0.25, 0.3) is 0 Å². The molecule has 0 saturated carbocycles. The molecule has 0 fully saturated rings. The van der Waals surface area contributed by atoms with Gasteiger partial charge in [-0.1, -0.05) is 11.6 Å². The van der Waals surface area contributed by atoms with E-state index < -0.39 is 0 Å². The number of carbonyl (C=O) groups excluding carboxylic acids is 1. The van der Waals surface area contributed by atoms with Gasteiger partial charge in [0.2, 0.25) is 5.91 Å². The molecule has 1 aromatic carbocycles. The largest absolute Gasteiger partial charge is 0.325 e. The maximum absolute atomic E-state index is 11.7. The van der Waals surface area contributed by atoms with Gasteiger partial charge in [0, 0.05) is 32.0 Å². The summed E-state index contributed by atoms with van der Waals surface area (Å²) in [5.74, 6) is -0.0713. The molecule has 2 aromatic rings. The van der Waals surface area contributed by atoms with Crippen LogP contribution in [0.2, 0.25) is 5.02 Å². The van der Waals surface area contributed by atoms with Crippen LogP contribution in [0, 0.1) is 0 Å². The molecule has 0 atom stereocenters. The fourth-order valence-corrected chi connectivity index (χ4v) is 3.03. The summed E-state index contributed by atoms with van der Waals surface area (Å²) in [5.41, 5.74) is 0.745. The Morgan fingerprint density at radius 3 is 2.68 bits per heavy atom. The fraction of sp³-hybridized carbons (Fsp3) is 0.154. The highest BCUT2D eigenvalue weighted by molar-refractivity contribution is 9.10. The van der Waals surface area contributed by atoms with E-state index in [0.717, 1.165) is 10.2 Å². The molecule has 1 amide bonds. The van der Waals surface area contributed by atoms with Crippen LogP contribution in [0.4, 0.5) is 5.69 Å². The van der Waals surface area contributed by atoms with Gasteiger partial charge in [0.1, 0.15) is 0 Å². The van der Waals surface area contributed by atoms with Gasteiger partial charge in [-0.25, -0.2) is 0 Å². The average molecular weight is 360 g/mol. The lowest BCUT2D eigenvalue weighted by Gasteiger charge is -2.06. The summed E-state index contributed by atoms with van der Waals surface area (Å²) in [6.45, 7) is 0.961. The molecule has 3 nitrogen and oxygen atoms in total. The van der Waals surface area contributed by atoms with E-state index in [2.05, 4.69) is 26.6 Å². The third kappa shape index (κ3) is 4.95. The SMILES string of the molecule is O=C(CNCc1cc(Br)cs1)Nc1ccc(Cl)cc1. The van der Waals surface area contributed by atoms with Crippen molar-refractivity contribution < 1.29 is 4.79 Å². The number of anilines is 1. The zero-order valence-corrected chi connectivity index (χ0v) is 13.1. The van der Waals surface area contributed by atoms with Gasteiger partial charge < -0.3 is 10.6 Å². The normalized spacial score (nSPS) is 10.4. The van der Waals surface area contributed by atoms with E-state index in [4.69, 9.17) is 11.6 Å². The van der Waals surface area contributed by atoms with Crippen LogP contribution in [0.5, 0.6) is 0 Å². The Balaban J connectivity index is 1.74. The average Bonchev–Trinajstić information content (AvgIpc) is 2.78. The van der Waals surface area contributed by atoms with E-state index in [1.165, 1.54) is 4.88 Å². The standard InChI is InChI=1S/C13H12BrClN2OS/c14-9-5-12(19-8-9)6-16-7-13(18)17-11-3-1-10(15)2-4-11/h1-5,8,16H,6-7H2,(H,17,18). The van der Waals surface area contributed by atoms with Gasteiger partial charge in [-0.3, -0.25) is 4.79 Å². The third-order valence-electron chi connectivity index (χ3n) is 2.33. The summed E-state index contributed by atoms with van der Waals surface area (Å²) in [6.07, 6.45) is 0. The summed E-state index contributed by atoms with van der Waals surface area (Å²) in [7, 11) is 0. The molecule has 0 aliphatic rings. The number of rotatable bonds is 5. The zero-order valence-electron chi connectivity index (χ0n) is 9.95. The number of benzene rings is 1. The molecule has 100 valence electrons. The Kier molecular flexibility index (Phi) is 5.39. The Morgan fingerprint density at radius 1 is 1.32 bits per heavy atom. The number of thiophene rings is 1. The summed E-state index contributed by atoms with van der Waals surface area (Å²) in [6, 6.07) is 9.07. The van der Waals surface area contributed by atoms with Gasteiger partial charge in [0.05, 0.1) is 6.54 Å². The summed E-state index contributed by atoms with van der Waals surface area (Å²) in [4.78, 5) is 12.9. The second-order valence-corrected chi connectivity index (χ2v) is 6.24. The van der Waals surface area contributed by atoms with E-state index in [-0.39, 0.29) is 12.5 Å². The molecule has 2 rings (SSSR count). The molecule has 0 bridgehead atoms. The van der Waals surface area contributed by atoms with Crippen LogP contribution in [0.25, 0.3) is 0 Å². The van der Waals surface area contributed by atoms with E-state index in [1.54, 1.807) is 35.6 Å². The summed E-state index contributed by atoms with van der Waals surface area (Å²) in [5, 5.41) is 8.56. The first-order chi connectivity index (χ1) is 9.13. The number of amides is 1. The first-order valence-corrected chi connectivity index (χ1v) is 7.67. The van der Waals surface area contributed by atoms with Crippen LogP contribution in [0.3, 0.4) is 0 Å². The van der Waals surface area contributed by atoms with Crippen molar-refractivity contribution in [2.75, 3.05) is 11.9 Å². The minimum absolute atomic E-state index is 0.0713. The molecule has 19 heavy (non-hydrogen) atoms. The lowest BCUT2D eigenvalue weighted by atomic mass is 10.3. The minimum atomic E-state index is -0.0713. The van der Waals surface area contributed by atoms with E-state index >= 15 is 0 Å². The maximum atomic E-state index is 11.7. The zero-order chi connectivity index (χ0) is 13.7. The van der Waals surface area contributed by atoms with Crippen molar-refractivity contribution in [3.63, 3.8) is 0 Å². The Morgan fingerprint density at radius 2 is 2.05 bits per heavy atom. The van der Waals surface area contributed by atoms with E-state index in [1.807, 2.05) is 11.4 Å². The maximum Gasteiger partial charge on any atom is 0.238 e. The summed E-state index contributed by atoms with van der Waals surface area (Å²) >= 11 is 10.8. The van der Waals surface area contributed by atoms with Crippen molar-refractivity contribution in [2.45, 2.75) is 6.54 Å². The van der Waals surface area contributed by atoms with Crippen LogP contribution in [-0.2, 0) is 11.3 Å². The second-order valence-electron chi connectivity index (χ2n) is 3.89. The van der Waals surface area contributed by atoms with Crippen LogP contribution in [-0.4, -0.2) is 12.5 Å². The quantitative estimate of drug-likeness (QED) is 0.850. The molecular weight excluding hydrogens is 348 g/mol. The predicted molar refractivity (Wildman–Crippen MR) is 83.8 cm³/mol. The van der Waals surface area contributed by atoms with Crippen LogP contribution in [0.15, 0.2) is 40.2 Å². The van der Waals surface area contributed by atoms with Gasteiger partial charge in [-0.05, 0) is 46.3 Å². The number of nitrogens with one attached hydrogen (secondary N) is 2. The highest BCUT2D eigenvalue weighted by Gasteiger charge is 2.03. The fourth-order valence-electron chi connectivity index (χ4n) is 1.48. The molecule has 1 aromatic heterocycles. The summed E-state index contributed by atoms with van der Waals surface area (Å²) < 4.78 is 1.07. The number of carbonyl (C=O) groups is 1. The first kappa shape index (κ1) is 14.5. The molecule has 0 saturated heterocycles. The number of hydrogen-bond acceptors (Lipinski definition) is 3. The molecule has 6 heteroatoms. The number of hydrogen-bond donors (Lipinski definition) is 2.